The Balaban J connectivity index is 1.71. The van der Waals surface area contributed by atoms with E-state index in [-0.39, 0.29) is 34.5 Å². The Morgan fingerprint density at radius 1 is 0.953 bits per heavy atom. The van der Waals surface area contributed by atoms with Crippen LogP contribution >= 0.6 is 11.6 Å². The highest BCUT2D eigenvalue weighted by Gasteiger charge is 2.48. The second kappa shape index (κ2) is 12.0. The fourth-order valence-electron chi connectivity index (χ4n) is 5.71. The monoisotopic (exact) mass is 619 g/mol. The molecule has 1 aliphatic heterocycles. The fraction of sp³-hybridized carbons (Fsp3) is 0.226. The largest absolute Gasteiger partial charge is 0.506 e. The van der Waals surface area contributed by atoms with Crippen molar-refractivity contribution < 1.29 is 18.4 Å². The van der Waals surface area contributed by atoms with E-state index in [1.807, 2.05) is 49.5 Å². The number of rotatable bonds is 10. The lowest BCUT2D eigenvalue weighted by Crippen LogP contribution is -2.44. The maximum atomic E-state index is 12.6. The number of benzene rings is 4. The molecule has 1 aliphatic rings. The molecule has 0 spiro atoms. The first-order chi connectivity index (χ1) is 20.5. The molecule has 0 amide bonds. The number of aromatic hydroxyl groups is 1. The molecule has 43 heavy (non-hydrogen) atoms. The molecule has 0 aliphatic carbocycles. The van der Waals surface area contributed by atoms with Gasteiger partial charge in [0.05, 0.1) is 10.6 Å². The maximum absolute atomic E-state index is 12.6. The molecule has 1 atom stereocenters. The predicted molar refractivity (Wildman–Crippen MR) is 168 cm³/mol. The third-order valence-electron chi connectivity index (χ3n) is 7.98. The van der Waals surface area contributed by atoms with Crippen molar-refractivity contribution >= 4 is 50.1 Å². The number of alkyl halides is 1. The number of nitro benzene ring substituents is 1. The summed E-state index contributed by atoms with van der Waals surface area (Å²) in [5.74, 6) is -0.311. The van der Waals surface area contributed by atoms with Crippen LogP contribution in [0.2, 0.25) is 0 Å². The molecule has 0 saturated carbocycles. The van der Waals surface area contributed by atoms with Crippen molar-refractivity contribution in [3.05, 3.63) is 118 Å². The van der Waals surface area contributed by atoms with E-state index in [1.165, 1.54) is 0 Å². The van der Waals surface area contributed by atoms with Gasteiger partial charge in [0.25, 0.3) is 5.69 Å². The van der Waals surface area contributed by atoms with Gasteiger partial charge in [-0.15, -0.1) is 21.8 Å². The fourth-order valence-corrected chi connectivity index (χ4v) is 6.43. The number of nitrogens with one attached hydrogen (secondary N) is 1. The summed E-state index contributed by atoms with van der Waals surface area (Å²) >= 11 is 5.72. The van der Waals surface area contributed by atoms with E-state index in [4.69, 9.17) is 11.6 Å². The summed E-state index contributed by atoms with van der Waals surface area (Å²) < 4.78 is 27.7. The average molecular weight is 620 g/mol. The highest BCUT2D eigenvalue weighted by Crippen LogP contribution is 2.52. The molecule has 0 saturated heterocycles. The van der Waals surface area contributed by atoms with Gasteiger partial charge in [0, 0.05) is 36.3 Å². The van der Waals surface area contributed by atoms with Crippen molar-refractivity contribution in [2.45, 2.75) is 31.2 Å². The van der Waals surface area contributed by atoms with E-state index in [2.05, 4.69) is 51.0 Å². The summed E-state index contributed by atoms with van der Waals surface area (Å²) in [6, 6.07) is 27.3. The van der Waals surface area contributed by atoms with Crippen molar-refractivity contribution in [1.82, 2.24) is 0 Å². The van der Waals surface area contributed by atoms with Gasteiger partial charge in [-0.1, -0.05) is 60.7 Å². The molecule has 222 valence electrons. The van der Waals surface area contributed by atoms with Crippen molar-refractivity contribution in [2.75, 3.05) is 21.9 Å². The summed E-state index contributed by atoms with van der Waals surface area (Å²) in [6.45, 7) is 2.15. The minimum absolute atomic E-state index is 0.00611. The molecular weight excluding hydrogens is 590 g/mol. The zero-order valence-corrected chi connectivity index (χ0v) is 25.1. The second-order valence-corrected chi connectivity index (χ2v) is 12.9. The third kappa shape index (κ3) is 6.18. The maximum Gasteiger partial charge on any atom is 0.271 e. The number of hydrogen-bond donors (Lipinski definition) is 2. The number of azo groups is 1. The van der Waals surface area contributed by atoms with Crippen LogP contribution in [0, 0.1) is 10.1 Å². The standard InChI is InChI=1S/C31H30ClN5O5S/c1-21-31(18-22-9-5-3-6-10-22,19-23-11-7-4-8-12-23)25-16-26(27(17-29(25)36(21)2)35-43(41,42)20-32)33-34-28-15-24(37(39)40)13-14-30(28)38/h3-17,21,35,38H,18-20H2,1-2H3. The number of anilines is 2. The van der Waals surface area contributed by atoms with Crippen LogP contribution in [0.25, 0.3) is 0 Å². The molecule has 4 aromatic carbocycles. The normalized spacial score (nSPS) is 15.9. The first-order valence-corrected chi connectivity index (χ1v) is 15.7. The number of fused-ring (bicyclic) bond motifs is 1. The number of likely N-dealkylation sites (N-methyl/N-ethyl adjacent to an activating group) is 1. The summed E-state index contributed by atoms with van der Waals surface area (Å²) in [7, 11) is -1.95. The van der Waals surface area contributed by atoms with Gasteiger partial charge in [-0.3, -0.25) is 14.8 Å². The summed E-state index contributed by atoms with van der Waals surface area (Å²) in [5.41, 5.74) is 3.51. The zero-order chi connectivity index (χ0) is 30.8. The lowest BCUT2D eigenvalue weighted by molar-refractivity contribution is -0.384. The Labute approximate surface area is 254 Å². The molecule has 5 rings (SSSR count). The molecule has 0 radical (unpaired) electrons. The molecule has 0 fully saturated rings. The molecule has 10 nitrogen and oxygen atoms in total. The Morgan fingerprint density at radius 2 is 1.53 bits per heavy atom. The first-order valence-electron chi connectivity index (χ1n) is 13.5. The van der Waals surface area contributed by atoms with Crippen LogP contribution in [0.4, 0.5) is 28.4 Å². The number of nitrogens with zero attached hydrogens (tertiary/aromatic N) is 4. The topological polar surface area (TPSA) is 138 Å². The Morgan fingerprint density at radius 3 is 2.09 bits per heavy atom. The third-order valence-corrected chi connectivity index (χ3v) is 9.66. The van der Waals surface area contributed by atoms with Crippen LogP contribution in [0.15, 0.2) is 101 Å². The minimum atomic E-state index is -3.92. The van der Waals surface area contributed by atoms with E-state index < -0.39 is 25.6 Å². The van der Waals surface area contributed by atoms with Crippen molar-refractivity contribution in [3.8, 4) is 5.75 Å². The lowest BCUT2D eigenvalue weighted by atomic mass is 9.68. The lowest BCUT2D eigenvalue weighted by Gasteiger charge is -2.37. The number of phenolic OH excluding ortho intramolecular Hbond substituents is 1. The molecule has 1 heterocycles. The summed E-state index contributed by atoms with van der Waals surface area (Å²) in [6.07, 6.45) is 1.38. The molecular formula is C31H30ClN5O5S. The number of non-ortho nitro benzene ring substituents is 1. The molecule has 0 aromatic heterocycles. The van der Waals surface area contributed by atoms with E-state index in [1.54, 1.807) is 6.07 Å². The van der Waals surface area contributed by atoms with Gasteiger partial charge in [-0.25, -0.2) is 8.42 Å². The Bertz CT molecular complexity index is 1740. The number of halogens is 1. The van der Waals surface area contributed by atoms with Crippen LogP contribution in [0.5, 0.6) is 5.75 Å². The van der Waals surface area contributed by atoms with Crippen molar-refractivity contribution in [2.24, 2.45) is 10.2 Å². The van der Waals surface area contributed by atoms with Gasteiger partial charge in [0.2, 0.25) is 10.0 Å². The molecule has 2 N–H and O–H groups in total. The highest BCUT2D eigenvalue weighted by molar-refractivity contribution is 7.93. The van der Waals surface area contributed by atoms with Gasteiger partial charge in [0.15, 0.2) is 0 Å². The van der Waals surface area contributed by atoms with Gasteiger partial charge in [-0.2, -0.15) is 0 Å². The SMILES string of the molecule is CC1N(C)c2cc(NS(=O)(=O)CCl)c(N=Nc3cc([N+](=O)[O-])ccc3O)cc2C1(Cc1ccccc1)Cc1ccccc1. The van der Waals surface area contributed by atoms with Crippen molar-refractivity contribution in [3.63, 3.8) is 0 Å². The molecule has 4 aromatic rings. The van der Waals surface area contributed by atoms with E-state index in [0.29, 0.717) is 12.8 Å². The van der Waals surface area contributed by atoms with Crippen LogP contribution in [-0.4, -0.2) is 36.7 Å². The smallest absolute Gasteiger partial charge is 0.271 e. The zero-order valence-electron chi connectivity index (χ0n) is 23.5. The minimum Gasteiger partial charge on any atom is -0.506 e. The molecule has 12 heteroatoms. The molecule has 1 unspecified atom stereocenters. The van der Waals surface area contributed by atoms with E-state index in [9.17, 15) is 23.6 Å². The van der Waals surface area contributed by atoms with E-state index in [0.717, 1.165) is 40.6 Å². The van der Waals surface area contributed by atoms with Gasteiger partial charge in [0.1, 0.15) is 22.3 Å². The van der Waals surface area contributed by atoms with Gasteiger partial charge in [-0.05, 0) is 54.7 Å². The highest BCUT2D eigenvalue weighted by atomic mass is 35.5. The Hall–Kier alpha value is -4.48. The summed E-state index contributed by atoms with van der Waals surface area (Å²) in [5, 5.41) is 29.4. The van der Waals surface area contributed by atoms with E-state index >= 15 is 0 Å². The number of nitro groups is 1. The first kappa shape index (κ1) is 30.0. The predicted octanol–water partition coefficient (Wildman–Crippen LogP) is 7.22. The number of phenols is 1. The van der Waals surface area contributed by atoms with Crippen LogP contribution in [-0.2, 0) is 28.3 Å². The van der Waals surface area contributed by atoms with Crippen LogP contribution in [0.1, 0.15) is 23.6 Å². The molecule has 0 bridgehead atoms. The Kier molecular flexibility index (Phi) is 8.38. The van der Waals surface area contributed by atoms with Crippen LogP contribution in [0.3, 0.4) is 0 Å². The average Bonchev–Trinajstić information content (AvgIpc) is 3.18. The number of hydrogen-bond acceptors (Lipinski definition) is 8. The quantitative estimate of drug-likeness (QED) is 0.0832. The van der Waals surface area contributed by atoms with Gasteiger partial charge >= 0.3 is 0 Å². The number of sulfonamides is 1. The second-order valence-electron chi connectivity index (χ2n) is 10.6. The van der Waals surface area contributed by atoms with Crippen molar-refractivity contribution in [1.29, 1.82) is 0 Å². The summed E-state index contributed by atoms with van der Waals surface area (Å²) in [4.78, 5) is 12.8. The van der Waals surface area contributed by atoms with Crippen LogP contribution < -0.4 is 9.62 Å². The van der Waals surface area contributed by atoms with Gasteiger partial charge < -0.3 is 10.0 Å².